The normalized spacial score (nSPS) is 37.9. The third-order valence-electron chi connectivity index (χ3n) is 2.71. The number of ether oxygens (including phenoxy) is 1. The quantitative estimate of drug-likeness (QED) is 0.346. The molecule has 0 aromatic heterocycles. The molecule has 1 fully saturated rings. The second-order valence-corrected chi connectivity index (χ2v) is 3.81. The van der Waals surface area contributed by atoms with E-state index in [1.807, 2.05) is 0 Å². The van der Waals surface area contributed by atoms with Gasteiger partial charge in [0.1, 0.15) is 25.0 Å². The van der Waals surface area contributed by atoms with Crippen LogP contribution in [0, 0.1) is 0 Å². The van der Waals surface area contributed by atoms with E-state index in [2.05, 4.69) is 10.3 Å². The van der Waals surface area contributed by atoms with Gasteiger partial charge in [0.05, 0.1) is 6.61 Å². The van der Waals surface area contributed by atoms with E-state index in [-0.39, 0.29) is 12.6 Å². The molecule has 4 atom stereocenters. The van der Waals surface area contributed by atoms with E-state index >= 15 is 0 Å². The molecule has 0 aliphatic carbocycles. The summed E-state index contributed by atoms with van der Waals surface area (Å²) >= 11 is 0. The highest BCUT2D eigenvalue weighted by molar-refractivity contribution is 5.96. The van der Waals surface area contributed by atoms with Crippen molar-refractivity contribution in [1.82, 2.24) is 10.2 Å². The molecule has 9 nitrogen and oxygen atoms in total. The van der Waals surface area contributed by atoms with Gasteiger partial charge in [-0.25, -0.2) is 9.79 Å². The Bertz CT molecular complexity index is 349. The lowest BCUT2D eigenvalue weighted by atomic mass is 10.1. The Morgan fingerprint density at radius 3 is 2.76 bits per heavy atom. The largest absolute Gasteiger partial charge is 0.394 e. The van der Waals surface area contributed by atoms with Gasteiger partial charge < -0.3 is 25.8 Å². The number of nitrogens with zero attached hydrogens (tertiary/aromatic N) is 2. The predicted octanol–water partition coefficient (Wildman–Crippen LogP) is -3.28. The summed E-state index contributed by atoms with van der Waals surface area (Å²) in [7, 11) is 0. The average Bonchev–Trinajstić information content (AvgIpc) is 2.57. The summed E-state index contributed by atoms with van der Waals surface area (Å²) in [6, 6.07) is -0.577. The van der Waals surface area contributed by atoms with Crippen LogP contribution in [0.2, 0.25) is 0 Å². The lowest BCUT2D eigenvalue weighted by Gasteiger charge is -2.31. The molecule has 0 bridgehead atoms. The maximum Gasteiger partial charge on any atom is 0.327 e. The molecule has 9 heteroatoms. The molecule has 96 valence electrons. The van der Waals surface area contributed by atoms with Gasteiger partial charge in [-0.15, -0.1) is 0 Å². The van der Waals surface area contributed by atoms with Crippen LogP contribution in [0.4, 0.5) is 4.79 Å². The molecule has 0 aromatic carbocycles. The van der Waals surface area contributed by atoms with Crippen LogP contribution in [-0.4, -0.2) is 70.0 Å². The van der Waals surface area contributed by atoms with E-state index < -0.39 is 37.2 Å². The highest BCUT2D eigenvalue weighted by Crippen LogP contribution is 2.24. The number of nitrogens with one attached hydrogen (secondary N) is 1. The highest BCUT2D eigenvalue weighted by atomic mass is 16.6. The molecular weight excluding hydrogens is 232 g/mol. The van der Waals surface area contributed by atoms with E-state index in [0.717, 1.165) is 4.90 Å². The Balaban J connectivity index is 2.11. The third kappa shape index (κ3) is 2.05. The van der Waals surface area contributed by atoms with Crippen molar-refractivity contribution in [3.8, 4) is 0 Å². The van der Waals surface area contributed by atoms with Gasteiger partial charge in [-0.05, 0) is 0 Å². The van der Waals surface area contributed by atoms with Crippen molar-refractivity contribution >= 4 is 12.0 Å². The van der Waals surface area contributed by atoms with E-state index in [0.29, 0.717) is 0 Å². The Morgan fingerprint density at radius 2 is 2.24 bits per heavy atom. The maximum atomic E-state index is 11.6. The van der Waals surface area contributed by atoms with Gasteiger partial charge in [0, 0.05) is 0 Å². The fourth-order valence-electron chi connectivity index (χ4n) is 1.77. The first-order valence-corrected chi connectivity index (χ1v) is 5.04. The van der Waals surface area contributed by atoms with Crippen LogP contribution in [0.1, 0.15) is 0 Å². The third-order valence-corrected chi connectivity index (χ3v) is 2.71. The van der Waals surface area contributed by atoms with Crippen LogP contribution >= 0.6 is 0 Å². The SMILES string of the molecule is NC1=NCN(C2O[C@H](CO)C(O)[C@H]2O)C(=O)N1. The van der Waals surface area contributed by atoms with E-state index in [1.54, 1.807) is 0 Å². The Morgan fingerprint density at radius 1 is 1.53 bits per heavy atom. The lowest BCUT2D eigenvalue weighted by Crippen LogP contribution is -2.56. The van der Waals surface area contributed by atoms with Crippen LogP contribution in [0.5, 0.6) is 0 Å². The minimum absolute atomic E-state index is 0.0157. The number of carbonyl (C=O) groups is 1. The van der Waals surface area contributed by atoms with Gasteiger partial charge in [0.15, 0.2) is 12.2 Å². The molecule has 2 heterocycles. The highest BCUT2D eigenvalue weighted by Gasteiger charge is 2.47. The van der Waals surface area contributed by atoms with E-state index in [9.17, 15) is 15.0 Å². The summed E-state index contributed by atoms with van der Waals surface area (Å²) in [6.07, 6.45) is -4.53. The first-order valence-electron chi connectivity index (χ1n) is 5.04. The molecule has 2 aliphatic rings. The van der Waals surface area contributed by atoms with Crippen molar-refractivity contribution in [3.63, 3.8) is 0 Å². The number of carbonyl (C=O) groups excluding carboxylic acids is 1. The summed E-state index contributed by atoms with van der Waals surface area (Å²) in [5.74, 6) is -0.0157. The zero-order chi connectivity index (χ0) is 12.6. The van der Waals surface area contributed by atoms with Gasteiger partial charge in [0.2, 0.25) is 0 Å². The predicted molar refractivity (Wildman–Crippen MR) is 54.6 cm³/mol. The first-order chi connectivity index (χ1) is 8.04. The lowest BCUT2D eigenvalue weighted by molar-refractivity contribution is -0.0787. The minimum atomic E-state index is -1.30. The number of aliphatic imine (C=N–C) groups is 1. The molecule has 17 heavy (non-hydrogen) atoms. The van der Waals surface area contributed by atoms with Crippen molar-refractivity contribution in [2.45, 2.75) is 24.5 Å². The number of hydrogen-bond donors (Lipinski definition) is 5. The number of aliphatic hydroxyl groups is 3. The zero-order valence-corrected chi connectivity index (χ0v) is 8.85. The van der Waals surface area contributed by atoms with E-state index in [1.165, 1.54) is 0 Å². The Hall–Kier alpha value is -1.42. The molecule has 2 amide bonds. The Labute approximate surface area is 96.5 Å². The zero-order valence-electron chi connectivity index (χ0n) is 8.85. The van der Waals surface area contributed by atoms with Crippen molar-refractivity contribution in [1.29, 1.82) is 0 Å². The molecule has 0 saturated carbocycles. The van der Waals surface area contributed by atoms with Crippen LogP contribution in [0.25, 0.3) is 0 Å². The summed E-state index contributed by atoms with van der Waals surface area (Å²) in [6.45, 7) is -0.528. The monoisotopic (exact) mass is 246 g/mol. The van der Waals surface area contributed by atoms with Crippen LogP contribution < -0.4 is 11.1 Å². The molecule has 0 aromatic rings. The molecule has 0 radical (unpaired) electrons. The standard InChI is InChI=1S/C8H14N4O5/c9-7-10-2-12(8(16)11-7)6-5(15)4(14)3(1-13)17-6/h3-6,13-15H,1-2H2,(H3,9,10,11,16)/t3-,4?,5-,6?/m1/s1. The second-order valence-electron chi connectivity index (χ2n) is 3.81. The average molecular weight is 246 g/mol. The van der Waals surface area contributed by atoms with Gasteiger partial charge >= 0.3 is 6.03 Å². The van der Waals surface area contributed by atoms with E-state index in [4.69, 9.17) is 15.6 Å². The summed E-state index contributed by atoms with van der Waals surface area (Å²) in [4.78, 5) is 16.4. The second kappa shape index (κ2) is 4.45. The summed E-state index contributed by atoms with van der Waals surface area (Å²) in [5.41, 5.74) is 5.30. The van der Waals surface area contributed by atoms with Gasteiger partial charge in [-0.1, -0.05) is 0 Å². The molecule has 0 spiro atoms. The molecule has 2 aliphatic heterocycles. The van der Waals surface area contributed by atoms with Crippen molar-refractivity contribution in [2.24, 2.45) is 10.7 Å². The summed E-state index contributed by atoms with van der Waals surface area (Å²) < 4.78 is 5.19. The molecule has 6 N–H and O–H groups in total. The van der Waals surface area contributed by atoms with Crippen molar-refractivity contribution in [2.75, 3.05) is 13.3 Å². The number of guanidine groups is 1. The van der Waals surface area contributed by atoms with Gasteiger partial charge in [-0.3, -0.25) is 10.2 Å². The smallest absolute Gasteiger partial charge is 0.327 e. The topological polar surface area (TPSA) is 141 Å². The van der Waals surface area contributed by atoms with Crippen LogP contribution in [-0.2, 0) is 4.74 Å². The number of aliphatic hydroxyl groups excluding tert-OH is 3. The molecule has 1 saturated heterocycles. The first kappa shape index (κ1) is 12.0. The van der Waals surface area contributed by atoms with Crippen LogP contribution in [0.15, 0.2) is 4.99 Å². The van der Waals surface area contributed by atoms with Gasteiger partial charge in [0.25, 0.3) is 0 Å². The van der Waals surface area contributed by atoms with Crippen LogP contribution in [0.3, 0.4) is 0 Å². The molecule has 2 rings (SSSR count). The fourth-order valence-corrected chi connectivity index (χ4v) is 1.77. The number of urea groups is 1. The number of rotatable bonds is 2. The van der Waals surface area contributed by atoms with Crippen molar-refractivity contribution < 1.29 is 24.9 Å². The molecular formula is C8H14N4O5. The maximum absolute atomic E-state index is 11.6. The minimum Gasteiger partial charge on any atom is -0.394 e. The molecule has 2 unspecified atom stereocenters. The van der Waals surface area contributed by atoms with Crippen molar-refractivity contribution in [3.05, 3.63) is 0 Å². The Kier molecular flexibility index (Phi) is 3.15. The number of nitrogens with two attached hydrogens (primary N) is 1. The number of hydrogen-bond acceptors (Lipinski definition) is 7. The fraction of sp³-hybridized carbons (Fsp3) is 0.750. The summed E-state index contributed by atoms with van der Waals surface area (Å²) in [5, 5.41) is 30.4. The van der Waals surface area contributed by atoms with Gasteiger partial charge in [-0.2, -0.15) is 0 Å². The number of amides is 2.